The SMILES string of the molecule is COC(=O)c1cccc(S(=O)(=O)N2CC(C)C(N)C2)c1.Cl. The Morgan fingerprint density at radius 1 is 1.38 bits per heavy atom. The lowest BCUT2D eigenvalue weighted by atomic mass is 10.1. The number of ether oxygens (including phenoxy) is 1. The van der Waals surface area contributed by atoms with Gasteiger partial charge in [-0.1, -0.05) is 13.0 Å². The average Bonchev–Trinajstić information content (AvgIpc) is 2.78. The van der Waals surface area contributed by atoms with Crippen molar-refractivity contribution < 1.29 is 17.9 Å². The van der Waals surface area contributed by atoms with Crippen LogP contribution in [0.1, 0.15) is 17.3 Å². The third-order valence-corrected chi connectivity index (χ3v) is 5.36. The quantitative estimate of drug-likeness (QED) is 0.828. The zero-order chi connectivity index (χ0) is 14.9. The minimum atomic E-state index is -3.62. The highest BCUT2D eigenvalue weighted by Crippen LogP contribution is 2.24. The van der Waals surface area contributed by atoms with E-state index in [0.29, 0.717) is 13.1 Å². The summed E-state index contributed by atoms with van der Waals surface area (Å²) in [7, 11) is -2.37. The predicted octanol–water partition coefficient (Wildman–Crippen LogP) is 0.863. The molecule has 6 nitrogen and oxygen atoms in total. The summed E-state index contributed by atoms with van der Waals surface area (Å²) >= 11 is 0. The predicted molar refractivity (Wildman–Crippen MR) is 80.9 cm³/mol. The topological polar surface area (TPSA) is 89.7 Å². The molecule has 1 aliphatic heterocycles. The average molecular weight is 335 g/mol. The number of hydrogen-bond donors (Lipinski definition) is 1. The van der Waals surface area contributed by atoms with Gasteiger partial charge in [-0.3, -0.25) is 0 Å². The molecule has 0 bridgehead atoms. The van der Waals surface area contributed by atoms with Crippen molar-refractivity contribution in [2.45, 2.75) is 17.9 Å². The summed E-state index contributed by atoms with van der Waals surface area (Å²) in [5.41, 5.74) is 6.08. The molecule has 8 heteroatoms. The Bertz CT molecular complexity index is 610. The lowest BCUT2D eigenvalue weighted by Crippen LogP contribution is -2.32. The largest absolute Gasteiger partial charge is 0.465 e. The molecule has 0 spiro atoms. The Balaban J connectivity index is 0.00000220. The molecule has 1 fully saturated rings. The molecule has 0 radical (unpaired) electrons. The first-order valence-electron chi connectivity index (χ1n) is 6.30. The van der Waals surface area contributed by atoms with Crippen molar-refractivity contribution in [3.8, 4) is 0 Å². The smallest absolute Gasteiger partial charge is 0.337 e. The Kier molecular flexibility index (Phi) is 5.75. The summed E-state index contributed by atoms with van der Waals surface area (Å²) < 4.78 is 31.0. The first kappa shape index (κ1) is 17.9. The standard InChI is InChI=1S/C13H18N2O4S.ClH/c1-9-7-15(8-12(9)14)20(17,18)11-5-3-4-10(6-11)13(16)19-2;/h3-6,9,12H,7-8,14H2,1-2H3;1H. The van der Waals surface area contributed by atoms with Crippen LogP contribution in [0.15, 0.2) is 29.2 Å². The van der Waals surface area contributed by atoms with E-state index in [1.807, 2.05) is 6.92 Å². The molecule has 2 N–H and O–H groups in total. The summed E-state index contributed by atoms with van der Waals surface area (Å²) in [5.74, 6) is -0.442. The van der Waals surface area contributed by atoms with Crippen LogP contribution in [0.25, 0.3) is 0 Å². The van der Waals surface area contributed by atoms with E-state index in [1.54, 1.807) is 0 Å². The van der Waals surface area contributed by atoms with Crippen LogP contribution in [-0.2, 0) is 14.8 Å². The molecule has 2 atom stereocenters. The Labute approximate surface area is 130 Å². The molecule has 2 unspecified atom stereocenters. The highest BCUT2D eigenvalue weighted by atomic mass is 35.5. The van der Waals surface area contributed by atoms with E-state index in [4.69, 9.17) is 5.73 Å². The van der Waals surface area contributed by atoms with E-state index >= 15 is 0 Å². The highest BCUT2D eigenvalue weighted by molar-refractivity contribution is 7.89. The van der Waals surface area contributed by atoms with Crippen LogP contribution in [0.2, 0.25) is 0 Å². The van der Waals surface area contributed by atoms with Gasteiger partial charge in [-0.05, 0) is 24.1 Å². The van der Waals surface area contributed by atoms with Gasteiger partial charge in [0.05, 0.1) is 17.6 Å². The monoisotopic (exact) mass is 334 g/mol. The fourth-order valence-electron chi connectivity index (χ4n) is 2.19. The Hall–Kier alpha value is -1.15. The van der Waals surface area contributed by atoms with E-state index in [0.717, 1.165) is 0 Å². The molecular weight excluding hydrogens is 316 g/mol. The van der Waals surface area contributed by atoms with Crippen LogP contribution in [0, 0.1) is 5.92 Å². The fraction of sp³-hybridized carbons (Fsp3) is 0.462. The molecular formula is C13H19ClN2O4S. The van der Waals surface area contributed by atoms with E-state index in [1.165, 1.54) is 35.7 Å². The first-order valence-corrected chi connectivity index (χ1v) is 7.74. The zero-order valence-corrected chi connectivity index (χ0v) is 13.5. The number of sulfonamides is 1. The van der Waals surface area contributed by atoms with Gasteiger partial charge in [0.1, 0.15) is 0 Å². The van der Waals surface area contributed by atoms with Crippen molar-refractivity contribution in [1.29, 1.82) is 0 Å². The van der Waals surface area contributed by atoms with E-state index in [9.17, 15) is 13.2 Å². The number of hydrogen-bond acceptors (Lipinski definition) is 5. The van der Waals surface area contributed by atoms with Gasteiger partial charge >= 0.3 is 5.97 Å². The highest BCUT2D eigenvalue weighted by Gasteiger charge is 2.35. The Morgan fingerprint density at radius 2 is 2.05 bits per heavy atom. The maximum atomic E-state index is 12.5. The number of esters is 1. The van der Waals surface area contributed by atoms with Crippen molar-refractivity contribution >= 4 is 28.4 Å². The van der Waals surface area contributed by atoms with Crippen LogP contribution in [-0.4, -0.2) is 44.9 Å². The third kappa shape index (κ3) is 3.55. The molecule has 1 aromatic rings. The number of rotatable bonds is 3. The van der Waals surface area contributed by atoms with Gasteiger partial charge in [0, 0.05) is 19.1 Å². The molecule has 1 heterocycles. The third-order valence-electron chi connectivity index (χ3n) is 3.53. The van der Waals surface area contributed by atoms with Crippen LogP contribution in [0.4, 0.5) is 0 Å². The van der Waals surface area contributed by atoms with Crippen molar-refractivity contribution in [3.63, 3.8) is 0 Å². The summed E-state index contributed by atoms with van der Waals surface area (Å²) in [4.78, 5) is 11.6. The van der Waals surface area contributed by atoms with Crippen molar-refractivity contribution in [1.82, 2.24) is 4.31 Å². The van der Waals surface area contributed by atoms with Crippen LogP contribution in [0.5, 0.6) is 0 Å². The minimum Gasteiger partial charge on any atom is -0.465 e. The van der Waals surface area contributed by atoms with E-state index in [2.05, 4.69) is 4.74 Å². The fourth-order valence-corrected chi connectivity index (χ4v) is 3.82. The molecule has 1 aliphatic rings. The van der Waals surface area contributed by atoms with Crippen LogP contribution >= 0.6 is 12.4 Å². The number of nitrogens with two attached hydrogens (primary N) is 1. The first-order chi connectivity index (χ1) is 9.36. The second-order valence-electron chi connectivity index (χ2n) is 4.98. The van der Waals surface area contributed by atoms with Crippen molar-refractivity contribution in [2.75, 3.05) is 20.2 Å². The van der Waals surface area contributed by atoms with Gasteiger partial charge in [0.15, 0.2) is 0 Å². The molecule has 1 saturated heterocycles. The van der Waals surface area contributed by atoms with E-state index < -0.39 is 16.0 Å². The molecule has 0 aromatic heterocycles. The summed E-state index contributed by atoms with van der Waals surface area (Å²) in [6, 6.07) is 5.68. The van der Waals surface area contributed by atoms with Gasteiger partial charge in [-0.2, -0.15) is 4.31 Å². The molecule has 0 saturated carbocycles. The summed E-state index contributed by atoms with van der Waals surface area (Å²) in [6.07, 6.45) is 0. The number of carbonyl (C=O) groups excluding carboxylic acids is 1. The molecule has 118 valence electrons. The van der Waals surface area contributed by atoms with Gasteiger partial charge in [-0.15, -0.1) is 12.4 Å². The number of carbonyl (C=O) groups is 1. The van der Waals surface area contributed by atoms with Gasteiger partial charge in [0.2, 0.25) is 10.0 Å². The van der Waals surface area contributed by atoms with Crippen molar-refractivity contribution in [3.05, 3.63) is 29.8 Å². The molecule has 1 aromatic carbocycles. The maximum absolute atomic E-state index is 12.5. The second kappa shape index (κ2) is 6.74. The molecule has 21 heavy (non-hydrogen) atoms. The number of benzene rings is 1. The summed E-state index contributed by atoms with van der Waals surface area (Å²) in [5, 5.41) is 0. The number of halogens is 1. The van der Waals surface area contributed by atoms with Gasteiger partial charge in [0.25, 0.3) is 0 Å². The lowest BCUT2D eigenvalue weighted by molar-refractivity contribution is 0.0600. The van der Waals surface area contributed by atoms with Gasteiger partial charge in [-0.25, -0.2) is 13.2 Å². The Morgan fingerprint density at radius 3 is 2.57 bits per heavy atom. The summed E-state index contributed by atoms with van der Waals surface area (Å²) in [6.45, 7) is 2.61. The van der Waals surface area contributed by atoms with Crippen molar-refractivity contribution in [2.24, 2.45) is 11.7 Å². The van der Waals surface area contributed by atoms with Crippen LogP contribution in [0.3, 0.4) is 0 Å². The second-order valence-corrected chi connectivity index (χ2v) is 6.92. The maximum Gasteiger partial charge on any atom is 0.337 e. The number of nitrogens with zero attached hydrogens (tertiary/aromatic N) is 1. The lowest BCUT2D eigenvalue weighted by Gasteiger charge is -2.16. The van der Waals surface area contributed by atoms with Gasteiger partial charge < -0.3 is 10.5 Å². The minimum absolute atomic E-state index is 0. The zero-order valence-electron chi connectivity index (χ0n) is 11.9. The molecule has 0 aliphatic carbocycles. The van der Waals surface area contributed by atoms with Crippen LogP contribution < -0.4 is 5.73 Å². The molecule has 0 amide bonds. The number of methoxy groups -OCH3 is 1. The normalized spacial score (nSPS) is 22.6. The molecule has 2 rings (SSSR count). The van der Waals surface area contributed by atoms with E-state index in [-0.39, 0.29) is 34.8 Å².